The number of nitrogens with zero attached hydrogens (tertiary/aromatic N) is 1. The van der Waals surface area contributed by atoms with Gasteiger partial charge in [0.2, 0.25) is 0 Å². The summed E-state index contributed by atoms with van der Waals surface area (Å²) in [6.45, 7) is 0. The van der Waals surface area contributed by atoms with Gasteiger partial charge in [0.15, 0.2) is 0 Å². The van der Waals surface area contributed by atoms with Crippen molar-refractivity contribution in [3.8, 4) is 11.8 Å². The predicted molar refractivity (Wildman–Crippen MR) is 51.0 cm³/mol. The van der Waals surface area contributed by atoms with Crippen LogP contribution in [0.2, 0.25) is 0 Å². The van der Waals surface area contributed by atoms with Crippen LogP contribution in [-0.2, 0) is 0 Å². The van der Waals surface area contributed by atoms with Crippen LogP contribution >= 0.6 is 0 Å². The quantitative estimate of drug-likeness (QED) is 0.597. The van der Waals surface area contributed by atoms with Gasteiger partial charge >= 0.3 is 0 Å². The van der Waals surface area contributed by atoms with Crippen molar-refractivity contribution in [2.75, 3.05) is 0 Å². The molecule has 13 heavy (non-hydrogen) atoms. The maximum Gasteiger partial charge on any atom is 0.113 e. The molecule has 2 aromatic heterocycles. The molecular weight excluding hydrogens is 160 g/mol. The second-order valence-corrected chi connectivity index (χ2v) is 2.56. The van der Waals surface area contributed by atoms with Gasteiger partial charge in [0.1, 0.15) is 5.69 Å². The molecule has 0 unspecified atom stereocenters. The number of pyridine rings is 1. The minimum absolute atomic E-state index is 0.795. The van der Waals surface area contributed by atoms with Crippen LogP contribution in [0.15, 0.2) is 42.9 Å². The molecule has 2 heteroatoms. The fraction of sp³-hybridized carbons (Fsp3) is 0. The Morgan fingerprint density at radius 3 is 2.85 bits per heavy atom. The van der Waals surface area contributed by atoms with Crippen molar-refractivity contribution in [2.24, 2.45) is 0 Å². The van der Waals surface area contributed by atoms with E-state index in [1.54, 1.807) is 6.20 Å². The van der Waals surface area contributed by atoms with Crippen molar-refractivity contribution in [1.82, 2.24) is 9.97 Å². The van der Waals surface area contributed by atoms with Crippen LogP contribution in [-0.4, -0.2) is 9.97 Å². The van der Waals surface area contributed by atoms with E-state index in [-0.39, 0.29) is 0 Å². The van der Waals surface area contributed by atoms with Gasteiger partial charge in [-0.1, -0.05) is 12.0 Å². The highest BCUT2D eigenvalue weighted by Crippen LogP contribution is 1.94. The van der Waals surface area contributed by atoms with Crippen molar-refractivity contribution in [1.29, 1.82) is 0 Å². The summed E-state index contributed by atoms with van der Waals surface area (Å²) in [6.07, 6.45) is 5.44. The molecule has 0 spiro atoms. The Morgan fingerprint density at radius 1 is 1.15 bits per heavy atom. The maximum atomic E-state index is 4.09. The molecule has 0 saturated carbocycles. The zero-order chi connectivity index (χ0) is 8.93. The predicted octanol–water partition coefficient (Wildman–Crippen LogP) is 1.81. The first kappa shape index (κ1) is 7.63. The average Bonchev–Trinajstić information content (AvgIpc) is 2.69. The highest BCUT2D eigenvalue weighted by atomic mass is 14.6. The normalized spacial score (nSPS) is 8.92. The second-order valence-electron chi connectivity index (χ2n) is 2.56. The first-order valence-corrected chi connectivity index (χ1v) is 4.01. The van der Waals surface area contributed by atoms with Crippen LogP contribution in [0.3, 0.4) is 0 Å². The van der Waals surface area contributed by atoms with Gasteiger partial charge in [-0.25, -0.2) is 4.98 Å². The van der Waals surface area contributed by atoms with Crippen LogP contribution in [0, 0.1) is 11.8 Å². The molecule has 2 heterocycles. The summed E-state index contributed by atoms with van der Waals surface area (Å²) in [5, 5.41) is 0. The van der Waals surface area contributed by atoms with Gasteiger partial charge in [-0.3, -0.25) is 0 Å². The molecule has 0 atom stereocenters. The van der Waals surface area contributed by atoms with E-state index in [1.807, 2.05) is 36.7 Å². The molecule has 2 nitrogen and oxygen atoms in total. The summed E-state index contributed by atoms with van der Waals surface area (Å²) < 4.78 is 0. The Morgan fingerprint density at radius 2 is 2.15 bits per heavy atom. The van der Waals surface area contributed by atoms with Gasteiger partial charge in [-0.2, -0.15) is 0 Å². The van der Waals surface area contributed by atoms with Crippen molar-refractivity contribution in [2.45, 2.75) is 0 Å². The van der Waals surface area contributed by atoms with Crippen molar-refractivity contribution < 1.29 is 0 Å². The van der Waals surface area contributed by atoms with E-state index in [1.165, 1.54) is 0 Å². The molecular formula is C11H8N2. The minimum Gasteiger partial charge on any atom is -0.367 e. The smallest absolute Gasteiger partial charge is 0.113 e. The van der Waals surface area contributed by atoms with Crippen LogP contribution in [0.4, 0.5) is 0 Å². The third-order valence-corrected chi connectivity index (χ3v) is 1.60. The van der Waals surface area contributed by atoms with E-state index >= 15 is 0 Å². The Kier molecular flexibility index (Phi) is 2.11. The summed E-state index contributed by atoms with van der Waals surface area (Å²) in [7, 11) is 0. The van der Waals surface area contributed by atoms with Gasteiger partial charge in [0, 0.05) is 24.2 Å². The van der Waals surface area contributed by atoms with Gasteiger partial charge in [-0.15, -0.1) is 0 Å². The lowest BCUT2D eigenvalue weighted by atomic mass is 10.3. The average molecular weight is 168 g/mol. The highest BCUT2D eigenvalue weighted by molar-refractivity contribution is 5.38. The molecule has 0 radical (unpaired) electrons. The molecule has 0 aliphatic carbocycles. The summed E-state index contributed by atoms with van der Waals surface area (Å²) >= 11 is 0. The Labute approximate surface area is 76.6 Å². The molecule has 1 N–H and O–H groups in total. The van der Waals surface area contributed by atoms with Gasteiger partial charge < -0.3 is 4.98 Å². The number of aromatic amines is 1. The molecule has 0 amide bonds. The lowest BCUT2D eigenvalue weighted by Crippen LogP contribution is -1.77. The third kappa shape index (κ3) is 1.97. The number of aromatic nitrogens is 2. The molecule has 0 saturated heterocycles. The van der Waals surface area contributed by atoms with Crippen molar-refractivity contribution in [3.05, 3.63) is 54.1 Å². The molecule has 0 bridgehead atoms. The van der Waals surface area contributed by atoms with Crippen LogP contribution < -0.4 is 0 Å². The molecule has 0 aliphatic heterocycles. The number of rotatable bonds is 0. The van der Waals surface area contributed by atoms with E-state index in [0.29, 0.717) is 0 Å². The number of H-pyrrole nitrogens is 1. The lowest BCUT2D eigenvalue weighted by molar-refractivity contribution is 1.29. The molecule has 0 fully saturated rings. The van der Waals surface area contributed by atoms with E-state index in [4.69, 9.17) is 0 Å². The number of hydrogen-bond donors (Lipinski definition) is 1. The number of hydrogen-bond acceptors (Lipinski definition) is 1. The van der Waals surface area contributed by atoms with Crippen LogP contribution in [0.5, 0.6) is 0 Å². The van der Waals surface area contributed by atoms with Crippen molar-refractivity contribution in [3.63, 3.8) is 0 Å². The van der Waals surface area contributed by atoms with Gasteiger partial charge in [0.05, 0.1) is 0 Å². The largest absolute Gasteiger partial charge is 0.367 e. The summed E-state index contributed by atoms with van der Waals surface area (Å²) in [5.74, 6) is 5.96. The monoisotopic (exact) mass is 168 g/mol. The fourth-order valence-corrected chi connectivity index (χ4v) is 0.975. The molecule has 0 aliphatic rings. The first-order chi connectivity index (χ1) is 6.45. The van der Waals surface area contributed by atoms with Crippen molar-refractivity contribution >= 4 is 0 Å². The van der Waals surface area contributed by atoms with E-state index < -0.39 is 0 Å². The standard InChI is InChI=1S/C11H8N2/c1-2-7-13-11(3-1)5-4-10-6-8-12-9-10/h1-3,6-9,12H. The second kappa shape index (κ2) is 3.59. The third-order valence-electron chi connectivity index (χ3n) is 1.60. The van der Waals surface area contributed by atoms with E-state index in [2.05, 4.69) is 21.8 Å². The number of nitrogens with one attached hydrogen (secondary N) is 1. The molecule has 0 aromatic carbocycles. The molecule has 2 aromatic rings. The Bertz CT molecular complexity index is 418. The molecule has 62 valence electrons. The zero-order valence-corrected chi connectivity index (χ0v) is 6.99. The summed E-state index contributed by atoms with van der Waals surface area (Å²) in [6, 6.07) is 7.62. The van der Waals surface area contributed by atoms with Crippen LogP contribution in [0.25, 0.3) is 0 Å². The Balaban J connectivity index is 2.23. The topological polar surface area (TPSA) is 28.7 Å². The Hall–Kier alpha value is -2.01. The molecule has 2 rings (SSSR count). The SMILES string of the molecule is C(#Cc1ccccn1)c1cc[nH]c1. The van der Waals surface area contributed by atoms with E-state index in [0.717, 1.165) is 11.3 Å². The highest BCUT2D eigenvalue weighted by Gasteiger charge is 1.85. The zero-order valence-electron chi connectivity index (χ0n) is 6.99. The summed E-state index contributed by atoms with van der Waals surface area (Å²) in [4.78, 5) is 7.04. The van der Waals surface area contributed by atoms with Crippen LogP contribution in [0.1, 0.15) is 11.3 Å². The van der Waals surface area contributed by atoms with Gasteiger partial charge in [-0.05, 0) is 24.1 Å². The lowest BCUT2D eigenvalue weighted by Gasteiger charge is -1.84. The fourth-order valence-electron chi connectivity index (χ4n) is 0.975. The minimum atomic E-state index is 0.795. The van der Waals surface area contributed by atoms with Gasteiger partial charge in [0.25, 0.3) is 0 Å². The summed E-state index contributed by atoms with van der Waals surface area (Å²) in [5.41, 5.74) is 1.77. The van der Waals surface area contributed by atoms with E-state index in [9.17, 15) is 0 Å². The maximum absolute atomic E-state index is 4.09. The first-order valence-electron chi connectivity index (χ1n) is 4.01.